The summed E-state index contributed by atoms with van der Waals surface area (Å²) in [6.45, 7) is 9.41. The number of carbonyl (C=O) groups is 2. The molecule has 49 heavy (non-hydrogen) atoms. The number of ether oxygens (including phenoxy) is 1. The van der Waals surface area contributed by atoms with Crippen LogP contribution in [-0.2, 0) is 13.2 Å². The van der Waals surface area contributed by atoms with E-state index in [0.717, 1.165) is 35.5 Å². The number of rotatable bonds is 12. The maximum absolute atomic E-state index is 13.5. The maximum atomic E-state index is 13.5. The van der Waals surface area contributed by atoms with Gasteiger partial charge in [0.2, 0.25) is 0 Å². The van der Waals surface area contributed by atoms with Crippen LogP contribution in [0.2, 0.25) is 0 Å². The molecule has 6 heterocycles. The lowest BCUT2D eigenvalue weighted by atomic mass is 10.0. The molecule has 0 unspecified atom stereocenters. The van der Waals surface area contributed by atoms with E-state index >= 15 is 0 Å². The molecular formula is C35H37N9O4S. The number of thiazole rings is 1. The molecule has 6 aromatic rings. The van der Waals surface area contributed by atoms with Crippen molar-refractivity contribution in [1.82, 2.24) is 39.8 Å². The Labute approximate surface area is 286 Å². The Hall–Kier alpha value is -5.34. The highest BCUT2D eigenvalue weighted by molar-refractivity contribution is 7.21. The summed E-state index contributed by atoms with van der Waals surface area (Å²) in [6.07, 6.45) is 10.9. The summed E-state index contributed by atoms with van der Waals surface area (Å²) >= 11 is 1.43. The Kier molecular flexibility index (Phi) is 8.97. The third-order valence-corrected chi connectivity index (χ3v) is 9.94. The van der Waals surface area contributed by atoms with Gasteiger partial charge in [0, 0.05) is 48.8 Å². The largest absolute Gasteiger partial charge is 0.471 e. The van der Waals surface area contributed by atoms with E-state index in [-0.39, 0.29) is 17.4 Å². The Bertz CT molecular complexity index is 2100. The van der Waals surface area contributed by atoms with Gasteiger partial charge in [-0.25, -0.2) is 4.52 Å². The molecule has 5 aromatic heterocycles. The molecular weight excluding hydrogens is 643 g/mol. The van der Waals surface area contributed by atoms with Gasteiger partial charge in [0.1, 0.15) is 18.0 Å². The molecule has 2 amide bonds. The van der Waals surface area contributed by atoms with Gasteiger partial charge in [-0.05, 0) is 56.9 Å². The molecule has 1 aliphatic heterocycles. The summed E-state index contributed by atoms with van der Waals surface area (Å²) in [4.78, 5) is 34.7. The van der Waals surface area contributed by atoms with E-state index in [1.54, 1.807) is 34.5 Å². The molecule has 2 N–H and O–H groups in total. The van der Waals surface area contributed by atoms with Gasteiger partial charge in [0.05, 0.1) is 39.8 Å². The Morgan fingerprint density at radius 3 is 2.73 bits per heavy atom. The molecule has 1 aliphatic rings. The summed E-state index contributed by atoms with van der Waals surface area (Å²) < 4.78 is 14.6. The molecule has 0 spiro atoms. The van der Waals surface area contributed by atoms with Crippen molar-refractivity contribution in [3.05, 3.63) is 102 Å². The lowest BCUT2D eigenvalue weighted by Crippen LogP contribution is -2.43. The van der Waals surface area contributed by atoms with Gasteiger partial charge in [0.15, 0.2) is 5.76 Å². The van der Waals surface area contributed by atoms with Gasteiger partial charge in [-0.1, -0.05) is 30.3 Å². The van der Waals surface area contributed by atoms with Crippen LogP contribution in [0.15, 0.2) is 78.0 Å². The number of nitrogens with zero attached hydrogens (tertiary/aromatic N) is 7. The molecule has 14 heteroatoms. The van der Waals surface area contributed by atoms with Crippen LogP contribution >= 0.6 is 11.3 Å². The summed E-state index contributed by atoms with van der Waals surface area (Å²) in [7, 11) is 0. The third kappa shape index (κ3) is 7.25. The zero-order valence-corrected chi connectivity index (χ0v) is 28.4. The van der Waals surface area contributed by atoms with Gasteiger partial charge in [-0.15, -0.1) is 11.3 Å². The molecule has 1 fully saturated rings. The first-order chi connectivity index (χ1) is 23.7. The number of benzene rings is 1. The van der Waals surface area contributed by atoms with Crippen LogP contribution in [0.1, 0.15) is 64.4 Å². The van der Waals surface area contributed by atoms with Crippen LogP contribution in [0.5, 0.6) is 5.88 Å². The van der Waals surface area contributed by atoms with Crippen molar-refractivity contribution in [2.75, 3.05) is 25.0 Å². The highest BCUT2D eigenvalue weighted by Crippen LogP contribution is 2.31. The molecule has 0 aliphatic carbocycles. The number of likely N-dealkylation sites (tertiary alicyclic amines) is 1. The van der Waals surface area contributed by atoms with E-state index in [1.165, 1.54) is 30.2 Å². The van der Waals surface area contributed by atoms with Crippen molar-refractivity contribution in [2.45, 2.75) is 52.3 Å². The molecule has 0 radical (unpaired) electrons. The van der Waals surface area contributed by atoms with Gasteiger partial charge in [-0.2, -0.15) is 10.2 Å². The first-order valence-corrected chi connectivity index (χ1v) is 17.0. The van der Waals surface area contributed by atoms with Crippen molar-refractivity contribution in [3.63, 3.8) is 0 Å². The highest BCUT2D eigenvalue weighted by atomic mass is 32.1. The SMILES string of the molecule is Cc1ncc(C(=O)NCCN2CCCC2(C)C)cc1NC(=O)c1cnn2cc(-c3cnn(Cc4cc(OCc5ccccc5)no4)c3)sc12. The minimum atomic E-state index is -0.339. The number of carbonyl (C=O) groups excluding carboxylic acids is 2. The minimum absolute atomic E-state index is 0.153. The first kappa shape index (κ1) is 32.2. The van der Waals surface area contributed by atoms with Gasteiger partial charge < -0.3 is 19.9 Å². The van der Waals surface area contributed by atoms with E-state index < -0.39 is 0 Å². The van der Waals surface area contributed by atoms with Gasteiger partial charge >= 0.3 is 0 Å². The van der Waals surface area contributed by atoms with Crippen LogP contribution in [0, 0.1) is 6.92 Å². The van der Waals surface area contributed by atoms with Crippen LogP contribution < -0.4 is 15.4 Å². The van der Waals surface area contributed by atoms with E-state index in [9.17, 15) is 9.59 Å². The fraction of sp³-hybridized carbons (Fsp3) is 0.314. The predicted octanol–water partition coefficient (Wildman–Crippen LogP) is 5.43. The number of nitrogens with one attached hydrogen (secondary N) is 2. The van der Waals surface area contributed by atoms with E-state index in [2.05, 4.69) is 49.7 Å². The number of hydrogen-bond acceptors (Lipinski definition) is 10. The second-order valence-electron chi connectivity index (χ2n) is 12.7. The van der Waals surface area contributed by atoms with Crippen molar-refractivity contribution in [1.29, 1.82) is 0 Å². The number of amides is 2. The number of hydrogen-bond donors (Lipinski definition) is 2. The Balaban J connectivity index is 0.975. The van der Waals surface area contributed by atoms with E-state index in [4.69, 9.17) is 9.26 Å². The second-order valence-corrected chi connectivity index (χ2v) is 13.7. The molecule has 13 nitrogen and oxygen atoms in total. The number of aryl methyl sites for hydroxylation is 1. The van der Waals surface area contributed by atoms with Crippen molar-refractivity contribution in [3.8, 4) is 16.3 Å². The number of aromatic nitrogens is 6. The van der Waals surface area contributed by atoms with Crippen LogP contribution in [-0.4, -0.2) is 71.4 Å². The lowest BCUT2D eigenvalue weighted by Gasteiger charge is -2.31. The van der Waals surface area contributed by atoms with Crippen LogP contribution in [0.4, 0.5) is 5.69 Å². The smallest absolute Gasteiger partial charge is 0.260 e. The number of pyridine rings is 1. The van der Waals surface area contributed by atoms with Crippen molar-refractivity contribution in [2.24, 2.45) is 0 Å². The second kappa shape index (κ2) is 13.6. The fourth-order valence-corrected chi connectivity index (χ4v) is 6.97. The molecule has 252 valence electrons. The quantitative estimate of drug-likeness (QED) is 0.173. The maximum Gasteiger partial charge on any atom is 0.260 e. The monoisotopic (exact) mass is 679 g/mol. The summed E-state index contributed by atoms with van der Waals surface area (Å²) in [5.74, 6) is 0.453. The molecule has 0 saturated carbocycles. The molecule has 0 bridgehead atoms. The average molecular weight is 680 g/mol. The van der Waals surface area contributed by atoms with E-state index in [1.807, 2.05) is 42.7 Å². The first-order valence-electron chi connectivity index (χ1n) is 16.2. The van der Waals surface area contributed by atoms with Crippen LogP contribution in [0.25, 0.3) is 15.3 Å². The summed E-state index contributed by atoms with van der Waals surface area (Å²) in [6, 6.07) is 13.3. The number of anilines is 1. The van der Waals surface area contributed by atoms with Gasteiger partial charge in [0.25, 0.3) is 17.7 Å². The molecule has 0 atom stereocenters. The third-order valence-electron chi connectivity index (χ3n) is 8.78. The van der Waals surface area contributed by atoms with Crippen molar-refractivity contribution < 1.29 is 18.8 Å². The lowest BCUT2D eigenvalue weighted by molar-refractivity contribution is 0.0938. The summed E-state index contributed by atoms with van der Waals surface area (Å²) in [5.41, 5.74) is 3.94. The molecule has 7 rings (SSSR count). The Morgan fingerprint density at radius 1 is 1.06 bits per heavy atom. The van der Waals surface area contributed by atoms with Crippen molar-refractivity contribution >= 4 is 33.7 Å². The zero-order chi connectivity index (χ0) is 34.0. The minimum Gasteiger partial charge on any atom is -0.471 e. The van der Waals surface area contributed by atoms with E-state index in [0.29, 0.717) is 58.7 Å². The average Bonchev–Trinajstić information content (AvgIpc) is 3.92. The fourth-order valence-electron chi connectivity index (χ4n) is 5.94. The normalized spacial score (nSPS) is 14.3. The number of fused-ring (bicyclic) bond motifs is 1. The van der Waals surface area contributed by atoms with Gasteiger partial charge in [-0.3, -0.25) is 24.2 Å². The highest BCUT2D eigenvalue weighted by Gasteiger charge is 2.31. The topological polar surface area (TPSA) is 145 Å². The molecule has 1 saturated heterocycles. The standard InChI is InChI=1S/C35H37N9O4S/c1-23-29(14-25(16-37-23)32(45)36-11-13-42-12-7-10-35(42,2)3)40-33(46)28-18-39-44-21-30(49-34(28)44)26-17-38-43(19-26)20-27-15-31(41-48-27)47-22-24-8-5-4-6-9-24/h4-6,8-9,14-19,21H,7,10-13,20,22H2,1-3H3,(H,36,45)(H,40,46). The zero-order valence-electron chi connectivity index (χ0n) is 27.5. The predicted molar refractivity (Wildman–Crippen MR) is 185 cm³/mol. The molecule has 1 aromatic carbocycles. The Morgan fingerprint density at radius 2 is 1.92 bits per heavy atom. The summed E-state index contributed by atoms with van der Waals surface area (Å²) in [5, 5.41) is 18.8. The van der Waals surface area contributed by atoms with Crippen LogP contribution in [0.3, 0.4) is 0 Å².